The molecule has 18 heavy (non-hydrogen) atoms. The molecule has 0 fully saturated rings. The molecule has 0 aliphatic heterocycles. The molecular weight excluding hydrogens is 252 g/mol. The van der Waals surface area contributed by atoms with Crippen LogP contribution in [0.3, 0.4) is 0 Å². The third-order valence-electron chi connectivity index (χ3n) is 2.47. The number of alkyl halides is 1. The lowest BCUT2D eigenvalue weighted by atomic mass is 10.2. The smallest absolute Gasteiger partial charge is 0.148 e. The van der Waals surface area contributed by atoms with Crippen molar-refractivity contribution in [3.05, 3.63) is 24.0 Å². The molecule has 2 rings (SSSR count). The second-order valence-electron chi connectivity index (χ2n) is 4.60. The quantitative estimate of drug-likeness (QED) is 0.742. The Balaban J connectivity index is 2.06. The van der Waals surface area contributed by atoms with E-state index in [0.717, 1.165) is 24.5 Å². The van der Waals surface area contributed by atoms with Crippen LogP contribution in [0.2, 0.25) is 0 Å². The largest absolute Gasteiger partial charge is 0.248 e. The summed E-state index contributed by atoms with van der Waals surface area (Å²) in [4.78, 5) is 4.26. The number of hydrogen-bond acceptors (Lipinski definition) is 4. The third-order valence-corrected chi connectivity index (χ3v) is 2.66. The first-order valence-corrected chi connectivity index (χ1v) is 6.54. The Kier molecular flexibility index (Phi) is 4.30. The number of nitrogens with zero attached hydrogens (tertiary/aromatic N) is 6. The predicted molar refractivity (Wildman–Crippen MR) is 68.4 cm³/mol. The second-order valence-corrected chi connectivity index (χ2v) is 4.98. The highest BCUT2D eigenvalue weighted by Crippen LogP contribution is 2.04. The maximum Gasteiger partial charge on any atom is 0.148 e. The van der Waals surface area contributed by atoms with Crippen LogP contribution in [0, 0.1) is 5.92 Å². The Morgan fingerprint density at radius 3 is 2.94 bits per heavy atom. The average Bonchev–Trinajstić information content (AvgIpc) is 2.90. The fraction of sp³-hybridized carbons (Fsp3) is 0.636. The summed E-state index contributed by atoms with van der Waals surface area (Å²) in [6.07, 6.45) is 4.21. The monoisotopic (exact) mass is 268 g/mol. The summed E-state index contributed by atoms with van der Waals surface area (Å²) in [7, 11) is 0. The van der Waals surface area contributed by atoms with E-state index in [9.17, 15) is 0 Å². The van der Waals surface area contributed by atoms with Crippen LogP contribution in [0.1, 0.15) is 25.4 Å². The zero-order valence-corrected chi connectivity index (χ0v) is 11.4. The molecule has 0 aliphatic rings. The summed E-state index contributed by atoms with van der Waals surface area (Å²) in [5.74, 6) is 1.99. The van der Waals surface area contributed by atoms with Gasteiger partial charge in [0.1, 0.15) is 18.7 Å². The molecule has 6 nitrogen and oxygen atoms in total. The van der Waals surface area contributed by atoms with Gasteiger partial charge in [0.05, 0.1) is 5.69 Å². The normalized spacial score (nSPS) is 11.3. The topological polar surface area (TPSA) is 61.4 Å². The molecule has 0 radical (unpaired) electrons. The van der Waals surface area contributed by atoms with Crippen molar-refractivity contribution in [2.24, 2.45) is 5.92 Å². The van der Waals surface area contributed by atoms with E-state index in [-0.39, 0.29) is 0 Å². The van der Waals surface area contributed by atoms with E-state index in [1.165, 1.54) is 0 Å². The molecule has 98 valence electrons. The van der Waals surface area contributed by atoms with Gasteiger partial charge in [0.25, 0.3) is 0 Å². The van der Waals surface area contributed by atoms with Crippen LogP contribution in [-0.2, 0) is 19.5 Å². The first-order chi connectivity index (χ1) is 8.69. The average molecular weight is 269 g/mol. The molecule has 0 aromatic carbocycles. The van der Waals surface area contributed by atoms with Gasteiger partial charge in [0.2, 0.25) is 0 Å². The van der Waals surface area contributed by atoms with Crippen molar-refractivity contribution in [2.45, 2.75) is 33.4 Å². The van der Waals surface area contributed by atoms with Gasteiger partial charge >= 0.3 is 0 Å². The van der Waals surface area contributed by atoms with E-state index in [1.54, 1.807) is 11.0 Å². The first-order valence-electron chi connectivity index (χ1n) is 6.00. The molecule has 2 heterocycles. The van der Waals surface area contributed by atoms with Gasteiger partial charge in [0, 0.05) is 25.0 Å². The lowest BCUT2D eigenvalue weighted by Gasteiger charge is -2.07. The van der Waals surface area contributed by atoms with Crippen LogP contribution in [0.4, 0.5) is 0 Å². The number of rotatable bonds is 6. The molecule has 2 aromatic heterocycles. The summed E-state index contributed by atoms with van der Waals surface area (Å²) in [6, 6.07) is 0. The lowest BCUT2D eigenvalue weighted by Crippen LogP contribution is -2.13. The van der Waals surface area contributed by atoms with Crippen molar-refractivity contribution in [1.82, 2.24) is 29.8 Å². The van der Waals surface area contributed by atoms with Crippen LogP contribution < -0.4 is 0 Å². The predicted octanol–water partition coefficient (Wildman–Crippen LogP) is 1.36. The van der Waals surface area contributed by atoms with Gasteiger partial charge in [-0.2, -0.15) is 5.10 Å². The summed E-state index contributed by atoms with van der Waals surface area (Å²) < 4.78 is 3.68. The Morgan fingerprint density at radius 2 is 2.22 bits per heavy atom. The summed E-state index contributed by atoms with van der Waals surface area (Å²) >= 11 is 5.67. The molecule has 0 saturated carbocycles. The molecule has 0 unspecified atom stereocenters. The van der Waals surface area contributed by atoms with E-state index in [4.69, 9.17) is 11.6 Å². The zero-order chi connectivity index (χ0) is 13.0. The first kappa shape index (κ1) is 13.0. The van der Waals surface area contributed by atoms with Crippen LogP contribution in [0.5, 0.6) is 0 Å². The molecule has 0 N–H and O–H groups in total. The Labute approximate surface area is 111 Å². The van der Waals surface area contributed by atoms with Crippen molar-refractivity contribution >= 4 is 11.6 Å². The van der Waals surface area contributed by atoms with Gasteiger partial charge < -0.3 is 0 Å². The Morgan fingerprint density at radius 1 is 1.39 bits per heavy atom. The van der Waals surface area contributed by atoms with E-state index < -0.39 is 0 Å². The van der Waals surface area contributed by atoms with Crippen molar-refractivity contribution in [3.8, 4) is 0 Å². The molecular formula is C11H17ClN6. The highest BCUT2D eigenvalue weighted by Gasteiger charge is 2.08. The van der Waals surface area contributed by atoms with Gasteiger partial charge in [-0.15, -0.1) is 16.7 Å². The van der Waals surface area contributed by atoms with Gasteiger partial charge in [-0.25, -0.2) is 14.3 Å². The fourth-order valence-electron chi connectivity index (χ4n) is 1.68. The van der Waals surface area contributed by atoms with Gasteiger partial charge in [0.15, 0.2) is 0 Å². The summed E-state index contributed by atoms with van der Waals surface area (Å²) in [5, 5.41) is 12.3. The molecule has 0 spiro atoms. The molecule has 2 aromatic rings. The molecule has 0 amide bonds. The molecule has 7 heteroatoms. The third kappa shape index (κ3) is 3.29. The maximum absolute atomic E-state index is 5.67. The number of aryl methyl sites for hydroxylation is 1. The minimum Gasteiger partial charge on any atom is -0.248 e. The fourth-order valence-corrected chi connectivity index (χ4v) is 1.87. The number of halogens is 1. The van der Waals surface area contributed by atoms with Gasteiger partial charge in [-0.1, -0.05) is 19.1 Å². The molecule has 0 saturated heterocycles. The van der Waals surface area contributed by atoms with Crippen molar-refractivity contribution in [2.75, 3.05) is 5.88 Å². The van der Waals surface area contributed by atoms with Crippen molar-refractivity contribution in [3.63, 3.8) is 0 Å². The highest BCUT2D eigenvalue weighted by atomic mass is 35.5. The molecule has 0 bridgehead atoms. The van der Waals surface area contributed by atoms with Crippen LogP contribution in [-0.4, -0.2) is 35.6 Å². The van der Waals surface area contributed by atoms with Crippen LogP contribution in [0.25, 0.3) is 0 Å². The van der Waals surface area contributed by atoms with Crippen molar-refractivity contribution < 1.29 is 0 Å². The molecule has 0 aliphatic carbocycles. The second kappa shape index (κ2) is 5.95. The van der Waals surface area contributed by atoms with Crippen LogP contribution in [0.15, 0.2) is 12.5 Å². The lowest BCUT2D eigenvalue weighted by molar-refractivity contribution is 0.455. The summed E-state index contributed by atoms with van der Waals surface area (Å²) in [6.45, 7) is 5.75. The van der Waals surface area contributed by atoms with E-state index >= 15 is 0 Å². The van der Waals surface area contributed by atoms with Crippen molar-refractivity contribution in [1.29, 1.82) is 0 Å². The Hall–Kier alpha value is -1.43. The number of hydrogen-bond donors (Lipinski definition) is 0. The van der Waals surface area contributed by atoms with Gasteiger partial charge in [-0.3, -0.25) is 0 Å². The SMILES string of the molecule is CC(C)Cn1ncnc1Cn1cc(CCCl)nn1. The van der Waals surface area contributed by atoms with E-state index in [0.29, 0.717) is 18.3 Å². The number of aromatic nitrogens is 6. The van der Waals surface area contributed by atoms with Gasteiger partial charge in [-0.05, 0) is 5.92 Å². The standard InChI is InChI=1S/C11H17ClN6/c1-9(2)5-18-11(13-8-14-18)7-17-6-10(3-4-12)15-16-17/h6,8-9H,3-5,7H2,1-2H3. The maximum atomic E-state index is 5.67. The Bertz CT molecular complexity index is 489. The van der Waals surface area contributed by atoms with Crippen LogP contribution >= 0.6 is 11.6 Å². The van der Waals surface area contributed by atoms with E-state index in [1.807, 2.05) is 10.9 Å². The minimum absolute atomic E-state index is 0.535. The van der Waals surface area contributed by atoms with E-state index in [2.05, 4.69) is 34.2 Å². The molecule has 0 atom stereocenters. The highest BCUT2D eigenvalue weighted by molar-refractivity contribution is 6.17. The zero-order valence-electron chi connectivity index (χ0n) is 10.6. The minimum atomic E-state index is 0.535. The summed E-state index contributed by atoms with van der Waals surface area (Å²) in [5.41, 5.74) is 0.903.